The van der Waals surface area contributed by atoms with Gasteiger partial charge >= 0.3 is 0 Å². The molecule has 0 spiro atoms. The molecule has 0 radical (unpaired) electrons. The summed E-state index contributed by atoms with van der Waals surface area (Å²) in [6.45, 7) is 4.87. The number of aliphatic hydroxyl groups is 1. The minimum Gasteiger partial charge on any atom is -0.390 e. The molecule has 3 heterocycles. The van der Waals surface area contributed by atoms with Crippen LogP contribution in [-0.2, 0) is 11.3 Å². The monoisotopic (exact) mass is 359 g/mol. The average Bonchev–Trinajstić information content (AvgIpc) is 3.25. The summed E-state index contributed by atoms with van der Waals surface area (Å²) >= 11 is 0. The van der Waals surface area contributed by atoms with Gasteiger partial charge in [-0.25, -0.2) is 9.07 Å². The van der Waals surface area contributed by atoms with E-state index in [2.05, 4.69) is 10.00 Å². The minimum atomic E-state index is -0.683. The van der Waals surface area contributed by atoms with E-state index in [0.29, 0.717) is 37.9 Å². The number of likely N-dealkylation sites (tertiary alicyclic amines) is 1. The van der Waals surface area contributed by atoms with Crippen LogP contribution in [0, 0.1) is 11.7 Å². The van der Waals surface area contributed by atoms with Crippen molar-refractivity contribution in [1.82, 2.24) is 14.7 Å². The van der Waals surface area contributed by atoms with Gasteiger partial charge in [-0.15, -0.1) is 0 Å². The lowest BCUT2D eigenvalue weighted by molar-refractivity contribution is -0.123. The Labute approximate surface area is 153 Å². The lowest BCUT2D eigenvalue weighted by atomic mass is 9.79. The second-order valence-corrected chi connectivity index (χ2v) is 7.67. The van der Waals surface area contributed by atoms with Crippen LogP contribution >= 0.6 is 0 Å². The Kier molecular flexibility index (Phi) is 4.82. The van der Waals surface area contributed by atoms with Gasteiger partial charge in [0.25, 0.3) is 0 Å². The number of para-hydroxylation sites is 1. The lowest BCUT2D eigenvalue weighted by Gasteiger charge is -2.43. The van der Waals surface area contributed by atoms with E-state index in [0.717, 1.165) is 25.1 Å². The standard InChI is InChI=1S/C20H26FN3O2/c1-20(25)9-12-26-14-16(20)18-7-4-10-23(18)13-15-8-11-24(22-15)19-6-3-2-5-17(19)21/h2-3,5-6,8,11,16,18,25H,4,7,9-10,12-14H2,1H3/t16-,18+,20+/m1/s1. The second-order valence-electron chi connectivity index (χ2n) is 7.67. The van der Waals surface area contributed by atoms with E-state index in [-0.39, 0.29) is 11.7 Å². The van der Waals surface area contributed by atoms with Gasteiger partial charge in [-0.2, -0.15) is 5.10 Å². The quantitative estimate of drug-likeness (QED) is 0.912. The Morgan fingerprint density at radius 3 is 3.00 bits per heavy atom. The molecule has 3 atom stereocenters. The van der Waals surface area contributed by atoms with Crippen LogP contribution in [0.1, 0.15) is 31.9 Å². The molecule has 4 rings (SSSR count). The maximum absolute atomic E-state index is 14.0. The highest BCUT2D eigenvalue weighted by atomic mass is 19.1. The first kappa shape index (κ1) is 17.6. The van der Waals surface area contributed by atoms with Crippen LogP contribution in [0.4, 0.5) is 4.39 Å². The second kappa shape index (κ2) is 7.10. The van der Waals surface area contributed by atoms with E-state index in [4.69, 9.17) is 4.74 Å². The first-order valence-corrected chi connectivity index (χ1v) is 9.38. The van der Waals surface area contributed by atoms with Crippen LogP contribution in [0.2, 0.25) is 0 Å². The summed E-state index contributed by atoms with van der Waals surface area (Å²) in [5, 5.41) is 15.4. The number of halogens is 1. The molecule has 2 saturated heterocycles. The van der Waals surface area contributed by atoms with Gasteiger partial charge in [0.05, 0.1) is 17.9 Å². The van der Waals surface area contributed by atoms with E-state index in [1.807, 2.05) is 13.0 Å². The predicted molar refractivity (Wildman–Crippen MR) is 96.5 cm³/mol. The Hall–Kier alpha value is -1.76. The first-order valence-electron chi connectivity index (χ1n) is 9.38. The molecule has 140 valence electrons. The molecule has 0 amide bonds. The molecule has 26 heavy (non-hydrogen) atoms. The fraction of sp³-hybridized carbons (Fsp3) is 0.550. The number of nitrogens with zero attached hydrogens (tertiary/aromatic N) is 3. The highest BCUT2D eigenvalue weighted by Gasteiger charge is 2.44. The third kappa shape index (κ3) is 3.41. The fourth-order valence-corrected chi connectivity index (χ4v) is 4.31. The van der Waals surface area contributed by atoms with Crippen molar-refractivity contribution in [2.75, 3.05) is 19.8 Å². The zero-order valence-electron chi connectivity index (χ0n) is 15.1. The third-order valence-electron chi connectivity index (χ3n) is 5.84. The summed E-state index contributed by atoms with van der Waals surface area (Å²) in [5.41, 5.74) is 0.690. The van der Waals surface area contributed by atoms with Crippen LogP contribution < -0.4 is 0 Å². The average molecular weight is 359 g/mol. The number of ether oxygens (including phenoxy) is 1. The molecule has 6 heteroatoms. The van der Waals surface area contributed by atoms with Gasteiger partial charge in [0.1, 0.15) is 11.5 Å². The molecule has 0 bridgehead atoms. The van der Waals surface area contributed by atoms with Gasteiger partial charge in [0.15, 0.2) is 0 Å². The Bertz CT molecular complexity index is 761. The maximum atomic E-state index is 14.0. The molecule has 5 nitrogen and oxygen atoms in total. The molecule has 0 unspecified atom stereocenters. The number of hydrogen-bond donors (Lipinski definition) is 1. The molecule has 2 aliphatic heterocycles. The largest absolute Gasteiger partial charge is 0.390 e. The van der Waals surface area contributed by atoms with Crippen LogP contribution in [0.25, 0.3) is 5.69 Å². The Morgan fingerprint density at radius 2 is 2.19 bits per heavy atom. The normalized spacial score (nSPS) is 30.0. The summed E-state index contributed by atoms with van der Waals surface area (Å²) < 4.78 is 21.2. The molecular formula is C20H26FN3O2. The topological polar surface area (TPSA) is 50.5 Å². The molecular weight excluding hydrogens is 333 g/mol. The van der Waals surface area contributed by atoms with Gasteiger partial charge in [-0.05, 0) is 50.9 Å². The van der Waals surface area contributed by atoms with E-state index in [9.17, 15) is 9.50 Å². The zero-order valence-corrected chi connectivity index (χ0v) is 15.1. The molecule has 2 aromatic rings. The minimum absolute atomic E-state index is 0.118. The summed E-state index contributed by atoms with van der Waals surface area (Å²) in [7, 11) is 0. The van der Waals surface area contributed by atoms with Crippen molar-refractivity contribution in [2.45, 2.75) is 44.4 Å². The van der Waals surface area contributed by atoms with E-state index in [1.54, 1.807) is 29.1 Å². The molecule has 1 aromatic heterocycles. The molecule has 1 aromatic carbocycles. The van der Waals surface area contributed by atoms with Gasteiger partial charge in [-0.3, -0.25) is 4.90 Å². The summed E-state index contributed by atoms with van der Waals surface area (Å²) in [5.74, 6) is -0.163. The number of benzene rings is 1. The van der Waals surface area contributed by atoms with Crippen molar-refractivity contribution >= 4 is 0 Å². The van der Waals surface area contributed by atoms with Crippen LogP contribution in [0.15, 0.2) is 36.5 Å². The highest BCUT2D eigenvalue weighted by Crippen LogP contribution is 2.36. The Morgan fingerprint density at radius 1 is 1.35 bits per heavy atom. The van der Waals surface area contributed by atoms with Crippen molar-refractivity contribution < 1.29 is 14.2 Å². The number of aromatic nitrogens is 2. The molecule has 0 saturated carbocycles. The fourth-order valence-electron chi connectivity index (χ4n) is 4.31. The molecule has 0 aliphatic carbocycles. The van der Waals surface area contributed by atoms with Crippen molar-refractivity contribution in [2.24, 2.45) is 5.92 Å². The first-order chi connectivity index (χ1) is 12.5. The van der Waals surface area contributed by atoms with Crippen molar-refractivity contribution in [1.29, 1.82) is 0 Å². The molecule has 2 aliphatic rings. The van der Waals surface area contributed by atoms with Crippen molar-refractivity contribution in [3.63, 3.8) is 0 Å². The van der Waals surface area contributed by atoms with E-state index in [1.165, 1.54) is 6.07 Å². The van der Waals surface area contributed by atoms with Gasteiger partial charge in [0, 0.05) is 31.3 Å². The predicted octanol–water partition coefficient (Wildman–Crippen LogP) is 2.76. The van der Waals surface area contributed by atoms with E-state index >= 15 is 0 Å². The van der Waals surface area contributed by atoms with E-state index < -0.39 is 5.60 Å². The van der Waals surface area contributed by atoms with Crippen LogP contribution in [0.5, 0.6) is 0 Å². The summed E-state index contributed by atoms with van der Waals surface area (Å²) in [6.07, 6.45) is 4.67. The zero-order chi connectivity index (χ0) is 18.1. The van der Waals surface area contributed by atoms with Crippen LogP contribution in [0.3, 0.4) is 0 Å². The SMILES string of the molecule is C[C@]1(O)CCOC[C@@H]1[C@@H]1CCCN1Cc1ccn(-c2ccccc2F)n1. The summed E-state index contributed by atoms with van der Waals surface area (Å²) in [4.78, 5) is 2.39. The third-order valence-corrected chi connectivity index (χ3v) is 5.84. The van der Waals surface area contributed by atoms with Crippen molar-refractivity contribution in [3.8, 4) is 5.69 Å². The maximum Gasteiger partial charge on any atom is 0.148 e. The van der Waals surface area contributed by atoms with Gasteiger partial charge in [0.2, 0.25) is 0 Å². The van der Waals surface area contributed by atoms with Gasteiger partial charge < -0.3 is 9.84 Å². The molecule has 1 N–H and O–H groups in total. The number of hydrogen-bond acceptors (Lipinski definition) is 4. The van der Waals surface area contributed by atoms with Crippen LogP contribution in [-0.4, -0.2) is 51.2 Å². The van der Waals surface area contributed by atoms with Crippen molar-refractivity contribution in [3.05, 3.63) is 48.0 Å². The smallest absolute Gasteiger partial charge is 0.148 e. The summed E-state index contributed by atoms with van der Waals surface area (Å²) in [6, 6.07) is 8.89. The van der Waals surface area contributed by atoms with Gasteiger partial charge in [-0.1, -0.05) is 12.1 Å². The number of rotatable bonds is 4. The molecule has 2 fully saturated rings. The lowest BCUT2D eigenvalue weighted by Crippen LogP contribution is -2.52. The Balaban J connectivity index is 1.49. The highest BCUT2D eigenvalue weighted by molar-refractivity contribution is 5.32.